The molecule has 10 heteroatoms. The van der Waals surface area contributed by atoms with Crippen LogP contribution in [0.15, 0.2) is 65.9 Å². The monoisotopic (exact) mass is 449 g/mol. The first kappa shape index (κ1) is 18.9. The van der Waals surface area contributed by atoms with E-state index in [0.717, 1.165) is 69.2 Å². The summed E-state index contributed by atoms with van der Waals surface area (Å²) in [5.74, 6) is 0.809. The summed E-state index contributed by atoms with van der Waals surface area (Å²) in [5, 5.41) is 8.62. The fourth-order valence-electron chi connectivity index (χ4n) is 4.37. The second kappa shape index (κ2) is 7.22. The van der Waals surface area contributed by atoms with Gasteiger partial charge in [0, 0.05) is 41.8 Å². The smallest absolute Gasteiger partial charge is 0.147 e. The minimum atomic E-state index is 0.189. The molecule has 1 saturated heterocycles. The maximum atomic E-state index is 5.92. The summed E-state index contributed by atoms with van der Waals surface area (Å²) < 4.78 is 5.25. The number of anilines is 1. The molecule has 1 aliphatic rings. The Labute approximate surface area is 192 Å². The Morgan fingerprint density at radius 1 is 1.00 bits per heavy atom. The van der Waals surface area contributed by atoms with E-state index in [4.69, 9.17) is 20.1 Å². The molecule has 166 valence electrons. The van der Waals surface area contributed by atoms with Gasteiger partial charge in [0.15, 0.2) is 0 Å². The highest BCUT2D eigenvalue weighted by Gasteiger charge is 2.25. The molecule has 1 fully saturated rings. The Balaban J connectivity index is 1.31. The van der Waals surface area contributed by atoms with Gasteiger partial charge in [-0.2, -0.15) is 5.10 Å². The van der Waals surface area contributed by atoms with Crippen molar-refractivity contribution in [2.45, 2.75) is 6.04 Å². The number of furan rings is 1. The molecule has 7 heterocycles. The molecule has 6 aromatic heterocycles. The van der Waals surface area contributed by atoms with E-state index in [1.54, 1.807) is 31.1 Å². The van der Waals surface area contributed by atoms with Crippen LogP contribution in [0.5, 0.6) is 0 Å². The first-order chi connectivity index (χ1) is 16.7. The largest absolute Gasteiger partial charge is 0.472 e. The predicted octanol–water partition coefficient (Wildman–Crippen LogP) is 3.37. The van der Waals surface area contributed by atoms with E-state index in [0.29, 0.717) is 5.69 Å². The fraction of sp³-hybridized carbons (Fsp3) is 0.125. The lowest BCUT2D eigenvalue weighted by atomic mass is 10.1. The van der Waals surface area contributed by atoms with Crippen LogP contribution in [0.1, 0.15) is 0 Å². The highest BCUT2D eigenvalue weighted by atomic mass is 16.3. The van der Waals surface area contributed by atoms with Gasteiger partial charge in [-0.1, -0.05) is 0 Å². The molecule has 0 aliphatic carbocycles. The van der Waals surface area contributed by atoms with Crippen molar-refractivity contribution in [1.29, 1.82) is 0 Å². The lowest BCUT2D eigenvalue weighted by molar-refractivity contribution is 0.514. The summed E-state index contributed by atoms with van der Waals surface area (Å²) in [6, 6.07) is 9.96. The maximum absolute atomic E-state index is 5.92. The van der Waals surface area contributed by atoms with Crippen LogP contribution < -0.4 is 10.6 Å². The van der Waals surface area contributed by atoms with Gasteiger partial charge in [0.25, 0.3) is 0 Å². The molecule has 0 amide bonds. The topological polar surface area (TPSA) is 138 Å². The van der Waals surface area contributed by atoms with E-state index in [9.17, 15) is 0 Å². The van der Waals surface area contributed by atoms with Crippen molar-refractivity contribution in [3.63, 3.8) is 0 Å². The number of fused-ring (bicyclic) bond motifs is 2. The number of hydrogen-bond donors (Lipinski definition) is 3. The highest BCUT2D eigenvalue weighted by molar-refractivity contribution is 5.99. The summed E-state index contributed by atoms with van der Waals surface area (Å²) in [6.45, 7) is 1.57. The summed E-state index contributed by atoms with van der Waals surface area (Å²) in [4.78, 5) is 24.1. The summed E-state index contributed by atoms with van der Waals surface area (Å²) >= 11 is 0. The molecular formula is C24H19N9O. The van der Waals surface area contributed by atoms with Crippen LogP contribution in [0.2, 0.25) is 0 Å². The van der Waals surface area contributed by atoms with E-state index in [1.807, 2.05) is 30.3 Å². The zero-order valence-electron chi connectivity index (χ0n) is 17.9. The molecule has 0 spiro atoms. The standard InChI is InChI=1S/C24H19N9O/c25-14-10-33(11-14)21-9-26-8-20(29-21)17-1-2-18-23(30-17)24(32-31-18)19-7-15-16(28-19)3-5-27-22(15)13-4-6-34-12-13/h1-9,12,14,28H,10-11,25H2,(H,31,32). The Bertz CT molecular complexity index is 1640. The molecule has 1 aliphatic heterocycles. The van der Waals surface area contributed by atoms with Crippen LogP contribution in [0.3, 0.4) is 0 Å². The van der Waals surface area contributed by atoms with Crippen LogP contribution >= 0.6 is 0 Å². The van der Waals surface area contributed by atoms with Gasteiger partial charge in [0.2, 0.25) is 0 Å². The zero-order valence-corrected chi connectivity index (χ0v) is 17.9. The van der Waals surface area contributed by atoms with Crippen LogP contribution in [0, 0.1) is 0 Å². The number of H-pyrrole nitrogens is 2. The van der Waals surface area contributed by atoms with Gasteiger partial charge in [0.05, 0.1) is 47.5 Å². The van der Waals surface area contributed by atoms with Gasteiger partial charge >= 0.3 is 0 Å². The summed E-state index contributed by atoms with van der Waals surface area (Å²) in [6.07, 6.45) is 8.59. The van der Waals surface area contributed by atoms with Gasteiger partial charge in [-0.05, 0) is 30.3 Å². The Morgan fingerprint density at radius 2 is 1.94 bits per heavy atom. The molecule has 4 N–H and O–H groups in total. The van der Waals surface area contributed by atoms with E-state index in [1.165, 1.54) is 0 Å². The number of aromatic amines is 2. The van der Waals surface area contributed by atoms with Crippen molar-refractivity contribution in [3.8, 4) is 34.0 Å². The minimum Gasteiger partial charge on any atom is -0.472 e. The third-order valence-corrected chi connectivity index (χ3v) is 6.12. The Hall–Kier alpha value is -4.57. The minimum absolute atomic E-state index is 0.189. The first-order valence-electron chi connectivity index (χ1n) is 10.9. The van der Waals surface area contributed by atoms with Crippen LogP contribution in [0.4, 0.5) is 5.82 Å². The van der Waals surface area contributed by atoms with Gasteiger partial charge in [-0.15, -0.1) is 0 Å². The molecule has 0 unspecified atom stereocenters. The summed E-state index contributed by atoms with van der Waals surface area (Å²) in [5.41, 5.74) is 13.2. The number of aromatic nitrogens is 7. The molecule has 0 radical (unpaired) electrons. The highest BCUT2D eigenvalue weighted by Crippen LogP contribution is 2.33. The van der Waals surface area contributed by atoms with Crippen molar-refractivity contribution < 1.29 is 4.42 Å². The Morgan fingerprint density at radius 3 is 2.79 bits per heavy atom. The molecule has 0 aromatic carbocycles. The number of nitrogens with zero attached hydrogens (tertiary/aromatic N) is 6. The van der Waals surface area contributed by atoms with E-state index in [2.05, 4.69) is 30.0 Å². The number of rotatable bonds is 4. The Kier molecular flexibility index (Phi) is 4.02. The molecular weight excluding hydrogens is 430 g/mol. The number of hydrogen-bond acceptors (Lipinski definition) is 8. The van der Waals surface area contributed by atoms with Crippen molar-refractivity contribution >= 4 is 27.8 Å². The molecule has 6 aromatic rings. The first-order valence-corrected chi connectivity index (χ1v) is 10.9. The zero-order chi connectivity index (χ0) is 22.6. The second-order valence-electron chi connectivity index (χ2n) is 8.41. The van der Waals surface area contributed by atoms with E-state index < -0.39 is 0 Å². The van der Waals surface area contributed by atoms with Crippen molar-refractivity contribution in [2.24, 2.45) is 5.73 Å². The second-order valence-corrected chi connectivity index (χ2v) is 8.41. The van der Waals surface area contributed by atoms with Gasteiger partial charge in [-0.3, -0.25) is 15.1 Å². The maximum Gasteiger partial charge on any atom is 0.147 e. The predicted molar refractivity (Wildman–Crippen MR) is 128 cm³/mol. The van der Waals surface area contributed by atoms with E-state index in [-0.39, 0.29) is 6.04 Å². The lowest BCUT2D eigenvalue weighted by Crippen LogP contribution is -2.56. The van der Waals surface area contributed by atoms with Crippen molar-refractivity contribution in [3.05, 3.63) is 61.4 Å². The molecule has 7 rings (SSSR count). The average molecular weight is 449 g/mol. The van der Waals surface area contributed by atoms with Gasteiger partial charge < -0.3 is 20.0 Å². The van der Waals surface area contributed by atoms with Crippen LogP contribution in [0.25, 0.3) is 56.0 Å². The number of nitrogens with two attached hydrogens (primary N) is 1. The van der Waals surface area contributed by atoms with Crippen molar-refractivity contribution in [1.82, 2.24) is 35.1 Å². The molecule has 0 bridgehead atoms. The van der Waals surface area contributed by atoms with Crippen molar-refractivity contribution in [2.75, 3.05) is 18.0 Å². The van der Waals surface area contributed by atoms with Gasteiger partial charge in [0.1, 0.15) is 22.7 Å². The quantitative estimate of drug-likeness (QED) is 0.372. The molecule has 34 heavy (non-hydrogen) atoms. The normalized spacial score (nSPS) is 14.2. The van der Waals surface area contributed by atoms with Gasteiger partial charge in [-0.25, -0.2) is 9.97 Å². The summed E-state index contributed by atoms with van der Waals surface area (Å²) in [7, 11) is 0. The molecule has 0 atom stereocenters. The fourth-order valence-corrected chi connectivity index (χ4v) is 4.37. The third kappa shape index (κ3) is 2.96. The number of nitrogens with one attached hydrogen (secondary N) is 2. The molecule has 10 nitrogen and oxygen atoms in total. The average Bonchev–Trinajstić information content (AvgIpc) is 3.60. The van der Waals surface area contributed by atoms with Crippen LogP contribution in [-0.2, 0) is 0 Å². The third-order valence-electron chi connectivity index (χ3n) is 6.12. The lowest BCUT2D eigenvalue weighted by Gasteiger charge is -2.37. The molecule has 0 saturated carbocycles. The number of pyridine rings is 2. The SMILES string of the molecule is NC1CN(c2cncc(-c3ccc4[nH]nc(-c5cc6c(-c7ccoc7)nccc6[nH]5)c4n3)n2)C1. The van der Waals surface area contributed by atoms with E-state index >= 15 is 0 Å². The van der Waals surface area contributed by atoms with Crippen LogP contribution in [-0.4, -0.2) is 54.2 Å².